The normalized spacial score (nSPS) is 14.9. The van der Waals surface area contributed by atoms with Gasteiger partial charge in [0.1, 0.15) is 11.9 Å². The molecule has 1 N–H and O–H groups in total. The van der Waals surface area contributed by atoms with Crippen molar-refractivity contribution < 1.29 is 0 Å². The van der Waals surface area contributed by atoms with Crippen LogP contribution in [0.5, 0.6) is 0 Å². The van der Waals surface area contributed by atoms with Crippen LogP contribution in [0.25, 0.3) is 0 Å². The lowest BCUT2D eigenvalue weighted by Gasteiger charge is -2.21. The molecule has 0 spiro atoms. The molecule has 0 saturated carbocycles. The average Bonchev–Trinajstić information content (AvgIpc) is 2.57. The third kappa shape index (κ3) is 4.04. The van der Waals surface area contributed by atoms with Crippen molar-refractivity contribution in [2.24, 2.45) is 0 Å². The molecule has 1 aromatic heterocycles. The van der Waals surface area contributed by atoms with Crippen LogP contribution in [0.15, 0.2) is 18.3 Å². The number of hydrogen-bond acceptors (Lipinski definition) is 4. The summed E-state index contributed by atoms with van der Waals surface area (Å²) in [4.78, 5) is 6.47. The van der Waals surface area contributed by atoms with E-state index in [1.54, 1.807) is 12.3 Å². The largest absolute Gasteiger partial charge is 0.354 e. The summed E-state index contributed by atoms with van der Waals surface area (Å²) in [5.74, 6) is 0.823. The fraction of sp³-hybridized carbons (Fsp3) is 0.455. The van der Waals surface area contributed by atoms with Crippen LogP contribution in [-0.2, 0) is 0 Å². The lowest BCUT2D eigenvalue weighted by Crippen LogP contribution is -2.29. The highest BCUT2D eigenvalue weighted by molar-refractivity contribution is 5.85. The topological polar surface area (TPSA) is 52.0 Å². The van der Waals surface area contributed by atoms with E-state index in [1.165, 1.54) is 0 Å². The first-order chi connectivity index (χ1) is 7.42. The zero-order valence-corrected chi connectivity index (χ0v) is 11.1. The van der Waals surface area contributed by atoms with E-state index in [9.17, 15) is 0 Å². The minimum Gasteiger partial charge on any atom is -0.354 e. The molecule has 1 fully saturated rings. The van der Waals surface area contributed by atoms with E-state index in [4.69, 9.17) is 5.26 Å². The third-order valence-electron chi connectivity index (χ3n) is 2.55. The molecule has 0 unspecified atom stereocenters. The number of pyridine rings is 1. The van der Waals surface area contributed by atoms with Crippen LogP contribution in [-0.4, -0.2) is 31.2 Å². The molecule has 94 valence electrons. The summed E-state index contributed by atoms with van der Waals surface area (Å²) in [5, 5.41) is 12.3. The Morgan fingerprint density at radius 1 is 1.29 bits per heavy atom. The summed E-state index contributed by atoms with van der Waals surface area (Å²) >= 11 is 0. The van der Waals surface area contributed by atoms with Crippen LogP contribution < -0.4 is 10.2 Å². The van der Waals surface area contributed by atoms with Gasteiger partial charge in [0.05, 0.1) is 5.56 Å². The second-order valence-electron chi connectivity index (χ2n) is 3.58. The second-order valence-corrected chi connectivity index (χ2v) is 3.58. The summed E-state index contributed by atoms with van der Waals surface area (Å²) in [6.45, 7) is 3.90. The summed E-state index contributed by atoms with van der Waals surface area (Å²) in [5.41, 5.74) is 0.666. The smallest absolute Gasteiger partial charge is 0.146 e. The van der Waals surface area contributed by atoms with Crippen molar-refractivity contribution in [3.63, 3.8) is 0 Å². The van der Waals surface area contributed by atoms with Gasteiger partial charge in [0.15, 0.2) is 0 Å². The minimum atomic E-state index is 0. The molecule has 6 heteroatoms. The quantitative estimate of drug-likeness (QED) is 0.845. The molecule has 0 amide bonds. The third-order valence-corrected chi connectivity index (χ3v) is 2.55. The molecule has 0 radical (unpaired) electrons. The van der Waals surface area contributed by atoms with Crippen molar-refractivity contribution in [3.05, 3.63) is 23.9 Å². The Balaban J connectivity index is 0.00000128. The predicted molar refractivity (Wildman–Crippen MR) is 73.1 cm³/mol. The van der Waals surface area contributed by atoms with Gasteiger partial charge in [-0.1, -0.05) is 0 Å². The number of nitrogens with zero attached hydrogens (tertiary/aromatic N) is 3. The molecule has 1 aliphatic heterocycles. The number of aromatic nitrogens is 1. The minimum absolute atomic E-state index is 0. The standard InChI is InChI=1S/C11H14N4.2ClH/c12-9-10-3-1-5-14-11(10)15-7-2-4-13-6-8-15;;/h1,3,5,13H,2,4,6-8H2;2*1H. The van der Waals surface area contributed by atoms with Gasteiger partial charge in [-0.3, -0.25) is 0 Å². The van der Waals surface area contributed by atoms with Gasteiger partial charge in [-0.15, -0.1) is 24.8 Å². The van der Waals surface area contributed by atoms with E-state index >= 15 is 0 Å². The zero-order chi connectivity index (χ0) is 10.5. The van der Waals surface area contributed by atoms with E-state index in [0.717, 1.165) is 38.4 Å². The Labute approximate surface area is 114 Å². The Morgan fingerprint density at radius 3 is 2.88 bits per heavy atom. The predicted octanol–water partition coefficient (Wildman–Crippen LogP) is 1.60. The summed E-state index contributed by atoms with van der Waals surface area (Å²) in [6, 6.07) is 5.81. The highest BCUT2D eigenvalue weighted by Gasteiger charge is 2.13. The van der Waals surface area contributed by atoms with E-state index in [1.807, 2.05) is 6.07 Å². The zero-order valence-electron chi connectivity index (χ0n) is 9.43. The van der Waals surface area contributed by atoms with Gasteiger partial charge in [0, 0.05) is 25.8 Å². The summed E-state index contributed by atoms with van der Waals surface area (Å²) < 4.78 is 0. The first-order valence-electron chi connectivity index (χ1n) is 5.22. The van der Waals surface area contributed by atoms with Crippen molar-refractivity contribution >= 4 is 30.6 Å². The van der Waals surface area contributed by atoms with Gasteiger partial charge in [-0.25, -0.2) is 4.98 Å². The number of nitrogens with one attached hydrogen (secondary N) is 1. The van der Waals surface area contributed by atoms with E-state index in [2.05, 4.69) is 21.3 Å². The van der Waals surface area contributed by atoms with Crippen LogP contribution in [0.4, 0.5) is 5.82 Å². The number of rotatable bonds is 1. The molecule has 0 aliphatic carbocycles. The van der Waals surface area contributed by atoms with E-state index < -0.39 is 0 Å². The molecule has 1 saturated heterocycles. The maximum atomic E-state index is 8.99. The Morgan fingerprint density at radius 2 is 2.12 bits per heavy atom. The maximum Gasteiger partial charge on any atom is 0.146 e. The van der Waals surface area contributed by atoms with Crippen LogP contribution in [0.1, 0.15) is 12.0 Å². The molecule has 2 heterocycles. The number of nitriles is 1. The Bertz CT molecular complexity index is 370. The van der Waals surface area contributed by atoms with Gasteiger partial charge in [0.25, 0.3) is 0 Å². The van der Waals surface area contributed by atoms with Gasteiger partial charge >= 0.3 is 0 Å². The highest BCUT2D eigenvalue weighted by atomic mass is 35.5. The SMILES string of the molecule is Cl.Cl.N#Cc1cccnc1N1CCCNCC1. The monoisotopic (exact) mass is 274 g/mol. The lowest BCUT2D eigenvalue weighted by atomic mass is 10.2. The Kier molecular flexibility index (Phi) is 7.64. The van der Waals surface area contributed by atoms with Crippen molar-refractivity contribution in [1.29, 1.82) is 5.26 Å². The molecule has 0 bridgehead atoms. The van der Waals surface area contributed by atoms with Crippen molar-refractivity contribution in [2.45, 2.75) is 6.42 Å². The van der Waals surface area contributed by atoms with Crippen LogP contribution >= 0.6 is 24.8 Å². The first-order valence-corrected chi connectivity index (χ1v) is 5.22. The molecule has 1 aliphatic rings. The molecule has 4 nitrogen and oxygen atoms in total. The molecular weight excluding hydrogens is 259 g/mol. The van der Waals surface area contributed by atoms with Crippen molar-refractivity contribution in [1.82, 2.24) is 10.3 Å². The van der Waals surface area contributed by atoms with E-state index in [0.29, 0.717) is 5.56 Å². The molecule has 17 heavy (non-hydrogen) atoms. The second kappa shape index (κ2) is 8.13. The number of anilines is 1. The van der Waals surface area contributed by atoms with Crippen LogP contribution in [0.2, 0.25) is 0 Å². The first kappa shape index (κ1) is 16.0. The molecular formula is C11H16Cl2N4. The van der Waals surface area contributed by atoms with Crippen molar-refractivity contribution in [2.75, 3.05) is 31.1 Å². The van der Waals surface area contributed by atoms with E-state index in [-0.39, 0.29) is 24.8 Å². The van der Waals surface area contributed by atoms with Crippen molar-refractivity contribution in [3.8, 4) is 6.07 Å². The summed E-state index contributed by atoms with van der Waals surface area (Å²) in [7, 11) is 0. The molecule has 0 aromatic carbocycles. The maximum absolute atomic E-state index is 8.99. The highest BCUT2D eigenvalue weighted by Crippen LogP contribution is 2.16. The van der Waals surface area contributed by atoms with Gasteiger partial charge < -0.3 is 10.2 Å². The fourth-order valence-corrected chi connectivity index (χ4v) is 1.79. The van der Waals surface area contributed by atoms with Gasteiger partial charge in [0.2, 0.25) is 0 Å². The molecule has 2 rings (SSSR count). The van der Waals surface area contributed by atoms with Gasteiger partial charge in [-0.2, -0.15) is 5.26 Å². The fourth-order valence-electron chi connectivity index (χ4n) is 1.79. The molecule has 0 atom stereocenters. The van der Waals surface area contributed by atoms with Crippen LogP contribution in [0.3, 0.4) is 0 Å². The van der Waals surface area contributed by atoms with Gasteiger partial charge in [-0.05, 0) is 25.1 Å². The summed E-state index contributed by atoms with van der Waals surface area (Å²) in [6.07, 6.45) is 2.84. The Hall–Kier alpha value is -1.02. The number of hydrogen-bond donors (Lipinski definition) is 1. The molecule has 1 aromatic rings. The van der Waals surface area contributed by atoms with Crippen LogP contribution in [0, 0.1) is 11.3 Å². The number of halogens is 2. The lowest BCUT2D eigenvalue weighted by molar-refractivity contribution is 0.724. The average molecular weight is 275 g/mol.